The number of unbranched alkanes of at least 4 members (excludes halogenated alkanes) is 5. The summed E-state index contributed by atoms with van der Waals surface area (Å²) < 4.78 is 0. The summed E-state index contributed by atoms with van der Waals surface area (Å²) in [6, 6.07) is 9.42. The van der Waals surface area contributed by atoms with Crippen LogP contribution in [0.25, 0.3) is 0 Å². The van der Waals surface area contributed by atoms with Gasteiger partial charge in [-0.25, -0.2) is 0 Å². The first kappa shape index (κ1) is 13.7. The number of allylic oxidation sites excluding steroid dienone is 2. The number of rotatable bonds is 8. The summed E-state index contributed by atoms with van der Waals surface area (Å²) >= 11 is 0. The molecule has 0 aliphatic rings. The van der Waals surface area contributed by atoms with Crippen LogP contribution in [-0.2, 0) is 0 Å². The fourth-order valence-corrected chi connectivity index (χ4v) is 1.75. The summed E-state index contributed by atoms with van der Waals surface area (Å²) in [6.07, 6.45) is 11.1. The lowest BCUT2D eigenvalue weighted by molar-refractivity contribution is 0.104. The van der Waals surface area contributed by atoms with E-state index in [2.05, 4.69) is 6.92 Å². The number of hydrogen-bond acceptors (Lipinski definition) is 1. The van der Waals surface area contributed by atoms with E-state index in [9.17, 15) is 4.79 Å². The number of hydrogen-bond donors (Lipinski definition) is 0. The van der Waals surface area contributed by atoms with Gasteiger partial charge in [-0.2, -0.15) is 0 Å². The maximum absolute atomic E-state index is 11.7. The van der Waals surface area contributed by atoms with Crippen LogP contribution < -0.4 is 0 Å². The highest BCUT2D eigenvalue weighted by molar-refractivity contribution is 6.04. The molecular formula is C16H22O. The topological polar surface area (TPSA) is 17.1 Å². The zero-order valence-electron chi connectivity index (χ0n) is 10.7. The highest BCUT2D eigenvalue weighted by Gasteiger charge is 1.98. The van der Waals surface area contributed by atoms with Crippen molar-refractivity contribution in [3.05, 3.63) is 48.0 Å². The van der Waals surface area contributed by atoms with Crippen LogP contribution in [0.2, 0.25) is 0 Å². The molecule has 1 rings (SSSR count). The normalized spacial score (nSPS) is 10.9. The van der Waals surface area contributed by atoms with Gasteiger partial charge in [-0.1, -0.05) is 69.0 Å². The molecule has 1 aromatic carbocycles. The third-order valence-corrected chi connectivity index (χ3v) is 2.80. The van der Waals surface area contributed by atoms with Gasteiger partial charge in [0.25, 0.3) is 0 Å². The first-order valence-electron chi connectivity index (χ1n) is 6.60. The summed E-state index contributed by atoms with van der Waals surface area (Å²) in [4.78, 5) is 11.7. The van der Waals surface area contributed by atoms with Crippen molar-refractivity contribution in [3.8, 4) is 0 Å². The number of carbonyl (C=O) groups excluding carboxylic acids is 1. The molecule has 0 fully saturated rings. The number of benzene rings is 1. The van der Waals surface area contributed by atoms with Crippen molar-refractivity contribution in [3.63, 3.8) is 0 Å². The van der Waals surface area contributed by atoms with E-state index in [1.54, 1.807) is 6.08 Å². The van der Waals surface area contributed by atoms with Crippen LogP contribution in [0.4, 0.5) is 0 Å². The lowest BCUT2D eigenvalue weighted by Crippen LogP contribution is -1.92. The van der Waals surface area contributed by atoms with E-state index in [1.165, 1.54) is 32.1 Å². The van der Waals surface area contributed by atoms with Crippen molar-refractivity contribution in [1.29, 1.82) is 0 Å². The van der Waals surface area contributed by atoms with Crippen LogP contribution in [0.3, 0.4) is 0 Å². The van der Waals surface area contributed by atoms with E-state index in [-0.39, 0.29) is 5.78 Å². The fourth-order valence-electron chi connectivity index (χ4n) is 1.75. The fraction of sp³-hybridized carbons (Fsp3) is 0.438. The molecule has 1 aromatic rings. The molecule has 0 bridgehead atoms. The standard InChI is InChI=1S/C16H22O/c1-2-3-4-5-6-7-11-14-16(17)15-12-9-8-10-13-15/h8-14H,2-7H2,1H3. The largest absolute Gasteiger partial charge is 0.289 e. The molecule has 92 valence electrons. The van der Waals surface area contributed by atoms with Crippen LogP contribution in [0.15, 0.2) is 42.5 Å². The van der Waals surface area contributed by atoms with Gasteiger partial charge in [0, 0.05) is 5.56 Å². The molecule has 17 heavy (non-hydrogen) atoms. The van der Waals surface area contributed by atoms with Gasteiger partial charge >= 0.3 is 0 Å². The van der Waals surface area contributed by atoms with Crippen molar-refractivity contribution in [1.82, 2.24) is 0 Å². The average molecular weight is 230 g/mol. The van der Waals surface area contributed by atoms with Gasteiger partial charge in [0.2, 0.25) is 0 Å². The molecule has 1 nitrogen and oxygen atoms in total. The van der Waals surface area contributed by atoms with Crippen molar-refractivity contribution >= 4 is 5.78 Å². The lowest BCUT2D eigenvalue weighted by atomic mass is 10.1. The van der Waals surface area contributed by atoms with Gasteiger partial charge in [-0.15, -0.1) is 0 Å². The van der Waals surface area contributed by atoms with Crippen molar-refractivity contribution in [2.45, 2.75) is 45.4 Å². The Hall–Kier alpha value is -1.37. The Balaban J connectivity index is 2.19. The Morgan fingerprint density at radius 2 is 1.76 bits per heavy atom. The molecule has 1 heteroatoms. The first-order valence-corrected chi connectivity index (χ1v) is 6.60. The maximum atomic E-state index is 11.7. The molecule has 0 unspecified atom stereocenters. The Morgan fingerprint density at radius 1 is 1.06 bits per heavy atom. The summed E-state index contributed by atoms with van der Waals surface area (Å²) in [6.45, 7) is 2.22. The smallest absolute Gasteiger partial charge is 0.185 e. The SMILES string of the molecule is CCCCCCCC=CC(=O)c1ccccc1. The highest BCUT2D eigenvalue weighted by atomic mass is 16.1. The number of ketones is 1. The summed E-state index contributed by atoms with van der Waals surface area (Å²) in [5.74, 6) is 0.110. The van der Waals surface area contributed by atoms with Gasteiger partial charge < -0.3 is 0 Å². The average Bonchev–Trinajstić information content (AvgIpc) is 2.38. The Bertz CT molecular complexity index is 338. The van der Waals surface area contributed by atoms with Gasteiger partial charge in [0.1, 0.15) is 0 Å². The second-order valence-corrected chi connectivity index (χ2v) is 4.34. The quantitative estimate of drug-likeness (QED) is 0.356. The van der Waals surface area contributed by atoms with Crippen LogP contribution >= 0.6 is 0 Å². The van der Waals surface area contributed by atoms with Crippen molar-refractivity contribution in [2.75, 3.05) is 0 Å². The predicted molar refractivity (Wildman–Crippen MR) is 73.3 cm³/mol. The van der Waals surface area contributed by atoms with Crippen molar-refractivity contribution < 1.29 is 4.79 Å². The lowest BCUT2D eigenvalue weighted by Gasteiger charge is -1.96. The monoisotopic (exact) mass is 230 g/mol. The Labute approximate surface area is 105 Å². The molecule has 0 aromatic heterocycles. The molecule has 0 spiro atoms. The van der Waals surface area contributed by atoms with Gasteiger partial charge in [0.05, 0.1) is 0 Å². The van der Waals surface area contributed by atoms with E-state index in [0.29, 0.717) is 0 Å². The van der Waals surface area contributed by atoms with E-state index in [1.807, 2.05) is 36.4 Å². The van der Waals surface area contributed by atoms with Crippen LogP contribution in [0.1, 0.15) is 55.8 Å². The Kier molecular flexibility index (Phi) is 7.04. The first-order chi connectivity index (χ1) is 8.34. The van der Waals surface area contributed by atoms with Gasteiger partial charge in [-0.05, 0) is 18.9 Å². The molecular weight excluding hydrogens is 208 g/mol. The van der Waals surface area contributed by atoms with Crippen molar-refractivity contribution in [2.24, 2.45) is 0 Å². The van der Waals surface area contributed by atoms with Gasteiger partial charge in [-0.3, -0.25) is 4.79 Å². The minimum absolute atomic E-state index is 0.110. The third kappa shape index (κ3) is 6.06. The molecule has 0 radical (unpaired) electrons. The zero-order valence-corrected chi connectivity index (χ0v) is 10.7. The molecule has 0 heterocycles. The molecule has 0 saturated heterocycles. The van der Waals surface area contributed by atoms with Crippen LogP contribution in [-0.4, -0.2) is 5.78 Å². The van der Waals surface area contributed by atoms with E-state index >= 15 is 0 Å². The van der Waals surface area contributed by atoms with E-state index in [0.717, 1.165) is 12.0 Å². The molecule has 0 saturated carbocycles. The third-order valence-electron chi connectivity index (χ3n) is 2.80. The van der Waals surface area contributed by atoms with E-state index < -0.39 is 0 Å². The molecule has 0 aliphatic heterocycles. The Morgan fingerprint density at radius 3 is 2.47 bits per heavy atom. The minimum atomic E-state index is 0.110. The molecule has 0 aliphatic carbocycles. The van der Waals surface area contributed by atoms with Crippen LogP contribution in [0.5, 0.6) is 0 Å². The van der Waals surface area contributed by atoms with Gasteiger partial charge in [0.15, 0.2) is 5.78 Å². The molecule has 0 atom stereocenters. The summed E-state index contributed by atoms with van der Waals surface area (Å²) in [7, 11) is 0. The zero-order chi connectivity index (χ0) is 12.3. The highest BCUT2D eigenvalue weighted by Crippen LogP contribution is 2.06. The summed E-state index contributed by atoms with van der Waals surface area (Å²) in [5, 5.41) is 0. The summed E-state index contributed by atoms with van der Waals surface area (Å²) in [5.41, 5.74) is 0.773. The second-order valence-electron chi connectivity index (χ2n) is 4.34. The molecule has 0 N–H and O–H groups in total. The van der Waals surface area contributed by atoms with Crippen LogP contribution in [0, 0.1) is 0 Å². The number of carbonyl (C=O) groups is 1. The van der Waals surface area contributed by atoms with E-state index in [4.69, 9.17) is 0 Å². The maximum Gasteiger partial charge on any atom is 0.185 e. The molecule has 0 amide bonds. The predicted octanol–water partition coefficient (Wildman–Crippen LogP) is 4.79. The minimum Gasteiger partial charge on any atom is -0.289 e. The second kappa shape index (κ2) is 8.74.